The molecule has 0 spiro atoms. The zero-order chi connectivity index (χ0) is 27.3. The summed E-state index contributed by atoms with van der Waals surface area (Å²) in [5.41, 5.74) is 2.09. The molecule has 2 N–H and O–H groups in total. The number of halogens is 1. The number of carboxylic acids is 1. The molecule has 1 aromatic carbocycles. The van der Waals surface area contributed by atoms with Crippen LogP contribution in [-0.4, -0.2) is 51.0 Å². The maximum Gasteiger partial charge on any atom is 0.303 e. The number of fused-ring (bicyclic) bond motifs is 3. The van der Waals surface area contributed by atoms with Gasteiger partial charge in [-0.2, -0.15) is 0 Å². The van der Waals surface area contributed by atoms with Crippen molar-refractivity contribution in [2.75, 3.05) is 6.54 Å². The summed E-state index contributed by atoms with van der Waals surface area (Å²) < 4.78 is 0. The highest BCUT2D eigenvalue weighted by atomic mass is 35.5. The van der Waals surface area contributed by atoms with E-state index >= 15 is 0 Å². The third-order valence-electron chi connectivity index (χ3n) is 8.23. The number of carbonyl (C=O) groups is 5. The highest BCUT2D eigenvalue weighted by Gasteiger charge is 2.56. The van der Waals surface area contributed by atoms with Crippen LogP contribution in [0, 0.1) is 17.8 Å². The van der Waals surface area contributed by atoms with Crippen molar-refractivity contribution in [3.05, 3.63) is 63.2 Å². The van der Waals surface area contributed by atoms with E-state index in [2.05, 4.69) is 0 Å². The molecular formula is C29H28ClNO7. The Kier molecular flexibility index (Phi) is 6.86. The number of phenolic OH excluding ortho intramolecular Hbond substituents is 1. The summed E-state index contributed by atoms with van der Waals surface area (Å²) in [6, 6.07) is 4.56. The van der Waals surface area contributed by atoms with Crippen molar-refractivity contribution < 1.29 is 34.2 Å². The van der Waals surface area contributed by atoms with E-state index in [0.29, 0.717) is 53.0 Å². The van der Waals surface area contributed by atoms with Crippen molar-refractivity contribution >= 4 is 41.0 Å². The molecule has 1 saturated heterocycles. The molecule has 0 unspecified atom stereocenters. The van der Waals surface area contributed by atoms with Crippen LogP contribution in [-0.2, 0) is 24.0 Å². The lowest BCUT2D eigenvalue weighted by Crippen LogP contribution is -2.39. The van der Waals surface area contributed by atoms with E-state index in [1.54, 1.807) is 13.0 Å². The fourth-order valence-electron chi connectivity index (χ4n) is 6.50. The molecule has 0 aromatic heterocycles. The average molecular weight is 538 g/mol. The summed E-state index contributed by atoms with van der Waals surface area (Å²) in [7, 11) is 0. The normalized spacial score (nSPS) is 26.6. The highest BCUT2D eigenvalue weighted by Crippen LogP contribution is 2.56. The third kappa shape index (κ3) is 4.30. The van der Waals surface area contributed by atoms with Crippen molar-refractivity contribution in [3.8, 4) is 5.75 Å². The number of likely N-dealkylation sites (tertiary alicyclic amines) is 1. The number of Topliss-reactive ketones (excluding diaryl/α,β-unsaturated/α-hetero) is 1. The number of phenols is 1. The monoisotopic (exact) mass is 537 g/mol. The van der Waals surface area contributed by atoms with Gasteiger partial charge >= 0.3 is 5.97 Å². The number of ketones is 2. The number of aliphatic carboxylic acids is 1. The number of benzene rings is 1. The van der Waals surface area contributed by atoms with E-state index in [0.717, 1.165) is 5.57 Å². The summed E-state index contributed by atoms with van der Waals surface area (Å²) >= 11 is 6.26. The summed E-state index contributed by atoms with van der Waals surface area (Å²) in [4.78, 5) is 65.5. The molecule has 1 aromatic rings. The standard InChI is InChI=1S/C29H28ClNO7/c1-14-11-22(33)26-20(27(14)36)13-18-16(24(26)19-12-15(30)6-9-21(19)32)7-8-17-25(18)29(38)31(28(17)37)10-4-2-3-5-23(34)35/h6-7,9,11-12,17-18,24-25,32H,2-5,8,10,13H2,1H3,(H,34,35)/t17-,18+,24+,25-/m0/s1. The molecule has 4 aliphatic rings. The Labute approximate surface area is 224 Å². The van der Waals surface area contributed by atoms with Crippen molar-refractivity contribution in [2.45, 2.75) is 51.4 Å². The second-order valence-electron chi connectivity index (χ2n) is 10.5. The lowest BCUT2D eigenvalue weighted by molar-refractivity contribution is -0.141. The average Bonchev–Trinajstić information content (AvgIpc) is 3.12. The van der Waals surface area contributed by atoms with Crippen molar-refractivity contribution in [1.29, 1.82) is 0 Å². The van der Waals surface area contributed by atoms with Gasteiger partial charge in [0.15, 0.2) is 11.6 Å². The van der Waals surface area contributed by atoms with Crippen LogP contribution in [0.2, 0.25) is 5.02 Å². The van der Waals surface area contributed by atoms with Crippen LogP contribution in [0.4, 0.5) is 0 Å². The minimum absolute atomic E-state index is 0.0400. The second-order valence-corrected chi connectivity index (χ2v) is 10.9. The molecule has 38 heavy (non-hydrogen) atoms. The zero-order valence-electron chi connectivity index (χ0n) is 20.9. The molecule has 198 valence electrons. The second kappa shape index (κ2) is 9.98. The van der Waals surface area contributed by atoms with Crippen LogP contribution in [0.1, 0.15) is 56.9 Å². The quantitative estimate of drug-likeness (QED) is 0.231. The van der Waals surface area contributed by atoms with Gasteiger partial charge in [-0.05, 0) is 62.8 Å². The van der Waals surface area contributed by atoms with Crippen LogP contribution >= 0.6 is 11.6 Å². The Morgan fingerprint density at radius 3 is 2.58 bits per heavy atom. The van der Waals surface area contributed by atoms with E-state index in [-0.39, 0.29) is 48.5 Å². The fraction of sp³-hybridized carbons (Fsp3) is 0.414. The first kappa shape index (κ1) is 26.1. The first-order chi connectivity index (χ1) is 18.1. The zero-order valence-corrected chi connectivity index (χ0v) is 21.7. The predicted octanol–water partition coefficient (Wildman–Crippen LogP) is 4.12. The molecule has 1 aliphatic heterocycles. The molecule has 1 heterocycles. The Morgan fingerprint density at radius 1 is 1.08 bits per heavy atom. The highest BCUT2D eigenvalue weighted by molar-refractivity contribution is 6.30. The van der Waals surface area contributed by atoms with Crippen molar-refractivity contribution in [3.63, 3.8) is 0 Å². The molecule has 9 heteroatoms. The SMILES string of the molecule is CC1=CC(=O)C2=C(C[C@@H]3C(=CC[C@@H]4C(=O)N(CCCCCC(=O)O)C(=O)[C@@H]43)[C@@H]2c2cc(Cl)ccc2O)C1=O. The van der Waals surface area contributed by atoms with Crippen LogP contribution in [0.25, 0.3) is 0 Å². The topological polar surface area (TPSA) is 129 Å². The van der Waals surface area contributed by atoms with Gasteiger partial charge in [0.1, 0.15) is 5.75 Å². The maximum absolute atomic E-state index is 13.6. The number of aromatic hydroxyl groups is 1. The number of allylic oxidation sites excluding steroid dienone is 6. The summed E-state index contributed by atoms with van der Waals surface area (Å²) in [6.07, 6.45) is 5.30. The number of carbonyl (C=O) groups excluding carboxylic acids is 4. The molecule has 8 nitrogen and oxygen atoms in total. The molecule has 4 atom stereocenters. The number of nitrogens with zero attached hydrogens (tertiary/aromatic N) is 1. The smallest absolute Gasteiger partial charge is 0.303 e. The molecule has 0 bridgehead atoms. The van der Waals surface area contributed by atoms with Gasteiger partial charge in [0.25, 0.3) is 0 Å². The number of amides is 2. The van der Waals surface area contributed by atoms with E-state index in [4.69, 9.17) is 16.7 Å². The number of hydrogen-bond donors (Lipinski definition) is 2. The van der Waals surface area contributed by atoms with Crippen LogP contribution in [0.3, 0.4) is 0 Å². The number of imide groups is 1. The lowest BCUT2D eigenvalue weighted by atomic mass is 9.59. The van der Waals surface area contributed by atoms with Crippen LogP contribution in [0.5, 0.6) is 5.75 Å². The van der Waals surface area contributed by atoms with Gasteiger partial charge in [0, 0.05) is 46.2 Å². The number of unbranched alkanes of at least 4 members (excludes halogenated alkanes) is 2. The number of hydrogen-bond acceptors (Lipinski definition) is 6. The molecule has 2 amide bonds. The lowest BCUT2D eigenvalue weighted by Gasteiger charge is -2.42. The molecule has 0 radical (unpaired) electrons. The van der Waals surface area contributed by atoms with E-state index in [1.807, 2.05) is 6.08 Å². The molecule has 5 rings (SSSR count). The number of carboxylic acid groups (broad SMARTS) is 1. The van der Waals surface area contributed by atoms with Gasteiger partial charge in [-0.1, -0.05) is 29.7 Å². The summed E-state index contributed by atoms with van der Waals surface area (Å²) in [5, 5.41) is 20.0. The first-order valence-corrected chi connectivity index (χ1v) is 13.2. The van der Waals surface area contributed by atoms with E-state index in [1.165, 1.54) is 23.1 Å². The van der Waals surface area contributed by atoms with E-state index < -0.39 is 29.6 Å². The molecule has 3 aliphatic carbocycles. The summed E-state index contributed by atoms with van der Waals surface area (Å²) in [6.45, 7) is 1.80. The van der Waals surface area contributed by atoms with Crippen molar-refractivity contribution in [2.24, 2.45) is 17.8 Å². The Hall–Kier alpha value is -3.52. The van der Waals surface area contributed by atoms with Gasteiger partial charge in [0.2, 0.25) is 11.8 Å². The first-order valence-electron chi connectivity index (χ1n) is 12.9. The molecular weight excluding hydrogens is 510 g/mol. The fourth-order valence-corrected chi connectivity index (χ4v) is 6.68. The van der Waals surface area contributed by atoms with Gasteiger partial charge in [-0.25, -0.2) is 0 Å². The van der Waals surface area contributed by atoms with Crippen molar-refractivity contribution in [1.82, 2.24) is 4.90 Å². The summed E-state index contributed by atoms with van der Waals surface area (Å²) in [5.74, 6) is -4.53. The minimum atomic E-state index is -0.880. The Morgan fingerprint density at radius 2 is 1.84 bits per heavy atom. The minimum Gasteiger partial charge on any atom is -0.508 e. The van der Waals surface area contributed by atoms with Gasteiger partial charge in [0.05, 0.1) is 11.8 Å². The van der Waals surface area contributed by atoms with E-state index in [9.17, 15) is 29.1 Å². The van der Waals surface area contributed by atoms with Crippen LogP contribution in [0.15, 0.2) is 52.6 Å². The van der Waals surface area contributed by atoms with Gasteiger partial charge < -0.3 is 10.2 Å². The van der Waals surface area contributed by atoms with Gasteiger partial charge in [-0.15, -0.1) is 0 Å². The molecule has 0 saturated carbocycles. The maximum atomic E-state index is 13.6. The van der Waals surface area contributed by atoms with Gasteiger partial charge in [-0.3, -0.25) is 28.9 Å². The molecule has 1 fully saturated rings. The number of rotatable bonds is 7. The third-order valence-corrected chi connectivity index (χ3v) is 8.46. The Bertz CT molecular complexity index is 1370. The largest absolute Gasteiger partial charge is 0.508 e. The predicted molar refractivity (Wildman–Crippen MR) is 137 cm³/mol. The Balaban J connectivity index is 1.51. The van der Waals surface area contributed by atoms with Crippen LogP contribution < -0.4 is 0 Å².